The topological polar surface area (TPSA) is 95.9 Å². The Kier molecular flexibility index (Phi) is 7.63. The minimum atomic E-state index is -1.11. The number of carboxylic acid groups (broad SMARTS) is 1. The average Bonchev–Trinajstić information content (AvgIpc) is 2.49. The lowest BCUT2D eigenvalue weighted by Gasteiger charge is -2.20. The van der Waals surface area contributed by atoms with Gasteiger partial charge in [0.25, 0.3) is 0 Å². The number of methoxy groups -OCH3 is 1. The quantitative estimate of drug-likeness (QED) is 0.664. The number of benzene rings is 1. The largest absolute Gasteiger partial charge is 0.480 e. The molecule has 7 nitrogen and oxygen atoms in total. The number of nitrogens with zero attached hydrogens (tertiary/aromatic N) is 1. The maximum absolute atomic E-state index is 11.9. The molecule has 2 N–H and O–H groups in total. The molecule has 0 unspecified atom stereocenters. The van der Waals surface area contributed by atoms with Gasteiger partial charge in [0.2, 0.25) is 11.8 Å². The van der Waals surface area contributed by atoms with E-state index in [0.29, 0.717) is 0 Å². The van der Waals surface area contributed by atoms with Crippen LogP contribution in [0.1, 0.15) is 5.56 Å². The number of hydrogen-bond donors (Lipinski definition) is 2. The van der Waals surface area contributed by atoms with E-state index in [1.807, 2.05) is 30.3 Å². The van der Waals surface area contributed by atoms with Crippen LogP contribution in [0, 0.1) is 0 Å². The molecule has 1 aromatic carbocycles. The van der Waals surface area contributed by atoms with Crippen LogP contribution in [-0.4, -0.2) is 61.1 Å². The summed E-state index contributed by atoms with van der Waals surface area (Å²) >= 11 is 0. The smallest absolute Gasteiger partial charge is 0.323 e. The van der Waals surface area contributed by atoms with Crippen molar-refractivity contribution in [3.05, 3.63) is 35.9 Å². The van der Waals surface area contributed by atoms with Gasteiger partial charge >= 0.3 is 5.97 Å². The highest BCUT2D eigenvalue weighted by Crippen LogP contribution is 1.99. The molecule has 0 aliphatic rings. The zero-order chi connectivity index (χ0) is 16.4. The highest BCUT2D eigenvalue weighted by Gasteiger charge is 2.17. The van der Waals surface area contributed by atoms with Crippen molar-refractivity contribution in [2.75, 3.05) is 33.4 Å². The van der Waals surface area contributed by atoms with Gasteiger partial charge in [-0.05, 0) is 5.56 Å². The summed E-state index contributed by atoms with van der Waals surface area (Å²) in [6.45, 7) is -0.257. The van der Waals surface area contributed by atoms with E-state index < -0.39 is 18.4 Å². The molecule has 1 rings (SSSR count). The van der Waals surface area contributed by atoms with Crippen LogP contribution in [0.5, 0.6) is 0 Å². The molecule has 0 saturated carbocycles. The molecular formula is C15H20N2O5. The highest BCUT2D eigenvalue weighted by atomic mass is 16.5. The number of carbonyl (C=O) groups excluding carboxylic acids is 2. The van der Waals surface area contributed by atoms with Gasteiger partial charge in [-0.3, -0.25) is 14.4 Å². The Bertz CT molecular complexity index is 504. The maximum Gasteiger partial charge on any atom is 0.323 e. The predicted octanol–water partition coefficient (Wildman–Crippen LogP) is -0.0951. The summed E-state index contributed by atoms with van der Waals surface area (Å²) in [4.78, 5) is 35.6. The number of carbonyl (C=O) groups is 3. The summed E-state index contributed by atoms with van der Waals surface area (Å²) in [6.07, 6.45) is 0.172. The van der Waals surface area contributed by atoms with Gasteiger partial charge in [0.15, 0.2) is 0 Å². The van der Waals surface area contributed by atoms with Crippen molar-refractivity contribution in [2.24, 2.45) is 0 Å². The van der Waals surface area contributed by atoms with E-state index in [-0.39, 0.29) is 32.0 Å². The lowest BCUT2D eigenvalue weighted by molar-refractivity contribution is -0.144. The molecule has 0 heterocycles. The molecule has 22 heavy (non-hydrogen) atoms. The number of ether oxygens (including phenoxy) is 1. The fraction of sp³-hybridized carbons (Fsp3) is 0.400. The van der Waals surface area contributed by atoms with E-state index in [1.54, 1.807) is 0 Å². The standard InChI is InChI=1S/C15H20N2O5/c1-22-8-7-17(11-15(20)21)14(19)10-16-13(18)9-12-5-3-2-4-6-12/h2-6H,7-11H2,1H3,(H,16,18)(H,20,21). The summed E-state index contributed by atoms with van der Waals surface area (Å²) in [5.74, 6) is -1.86. The van der Waals surface area contributed by atoms with E-state index in [0.717, 1.165) is 10.5 Å². The zero-order valence-electron chi connectivity index (χ0n) is 12.4. The maximum atomic E-state index is 11.9. The molecule has 0 atom stereocenters. The number of nitrogens with one attached hydrogen (secondary N) is 1. The Morgan fingerprint density at radius 2 is 1.91 bits per heavy atom. The molecule has 120 valence electrons. The Morgan fingerprint density at radius 3 is 2.50 bits per heavy atom. The van der Waals surface area contributed by atoms with Crippen molar-refractivity contribution in [1.82, 2.24) is 10.2 Å². The third kappa shape index (κ3) is 6.85. The van der Waals surface area contributed by atoms with E-state index in [1.165, 1.54) is 7.11 Å². The normalized spacial score (nSPS) is 10.0. The third-order valence-electron chi connectivity index (χ3n) is 2.89. The first-order valence-corrected chi connectivity index (χ1v) is 6.82. The summed E-state index contributed by atoms with van der Waals surface area (Å²) in [5, 5.41) is 11.3. The molecule has 0 aromatic heterocycles. The monoisotopic (exact) mass is 308 g/mol. The summed E-state index contributed by atoms with van der Waals surface area (Å²) < 4.78 is 4.83. The molecule has 0 aliphatic carbocycles. The fourth-order valence-corrected chi connectivity index (χ4v) is 1.79. The average molecular weight is 308 g/mol. The molecule has 0 aliphatic heterocycles. The van der Waals surface area contributed by atoms with Crippen molar-refractivity contribution >= 4 is 17.8 Å². The van der Waals surface area contributed by atoms with E-state index >= 15 is 0 Å². The molecule has 7 heteroatoms. The minimum Gasteiger partial charge on any atom is -0.480 e. The number of rotatable bonds is 9. The molecule has 0 bridgehead atoms. The van der Waals surface area contributed by atoms with Gasteiger partial charge in [-0.1, -0.05) is 30.3 Å². The Morgan fingerprint density at radius 1 is 1.23 bits per heavy atom. The lowest BCUT2D eigenvalue weighted by atomic mass is 10.1. The van der Waals surface area contributed by atoms with Gasteiger partial charge in [-0.2, -0.15) is 0 Å². The second kappa shape index (κ2) is 9.51. The summed E-state index contributed by atoms with van der Waals surface area (Å²) in [6, 6.07) is 9.14. The molecule has 0 radical (unpaired) electrons. The van der Waals surface area contributed by atoms with Crippen molar-refractivity contribution in [2.45, 2.75) is 6.42 Å². The van der Waals surface area contributed by atoms with Crippen LogP contribution in [0.25, 0.3) is 0 Å². The van der Waals surface area contributed by atoms with Crippen molar-refractivity contribution in [1.29, 1.82) is 0 Å². The number of hydrogen-bond acceptors (Lipinski definition) is 4. The lowest BCUT2D eigenvalue weighted by Crippen LogP contribution is -2.44. The zero-order valence-corrected chi connectivity index (χ0v) is 12.4. The second-order valence-electron chi connectivity index (χ2n) is 4.64. The van der Waals surface area contributed by atoms with Gasteiger partial charge in [-0.15, -0.1) is 0 Å². The second-order valence-corrected chi connectivity index (χ2v) is 4.64. The first kappa shape index (κ1) is 17.6. The summed E-state index contributed by atoms with van der Waals surface area (Å²) in [5.41, 5.74) is 0.842. The van der Waals surface area contributed by atoms with Crippen LogP contribution >= 0.6 is 0 Å². The highest BCUT2D eigenvalue weighted by molar-refractivity contribution is 5.87. The van der Waals surface area contributed by atoms with Gasteiger partial charge in [0.05, 0.1) is 19.6 Å². The van der Waals surface area contributed by atoms with Crippen LogP contribution < -0.4 is 5.32 Å². The number of aliphatic carboxylic acids is 1. The molecule has 1 aromatic rings. The number of amides is 2. The molecule has 2 amide bonds. The SMILES string of the molecule is COCCN(CC(=O)O)C(=O)CNC(=O)Cc1ccccc1. The van der Waals surface area contributed by atoms with Gasteiger partial charge in [0.1, 0.15) is 6.54 Å². The van der Waals surface area contributed by atoms with Crippen molar-refractivity contribution in [3.8, 4) is 0 Å². The summed E-state index contributed by atoms with van der Waals surface area (Å²) in [7, 11) is 1.46. The third-order valence-corrected chi connectivity index (χ3v) is 2.89. The molecule has 0 fully saturated rings. The van der Waals surface area contributed by atoms with Crippen LogP contribution in [0.4, 0.5) is 0 Å². The van der Waals surface area contributed by atoms with Gasteiger partial charge in [-0.25, -0.2) is 0 Å². The molecule has 0 spiro atoms. The van der Waals surface area contributed by atoms with E-state index in [4.69, 9.17) is 9.84 Å². The van der Waals surface area contributed by atoms with E-state index in [9.17, 15) is 14.4 Å². The van der Waals surface area contributed by atoms with Gasteiger partial charge < -0.3 is 20.1 Å². The van der Waals surface area contributed by atoms with E-state index in [2.05, 4.69) is 5.32 Å². The van der Waals surface area contributed by atoms with Crippen LogP contribution in [0.15, 0.2) is 30.3 Å². The Hall–Kier alpha value is -2.41. The Balaban J connectivity index is 2.44. The van der Waals surface area contributed by atoms with Crippen LogP contribution in [0.3, 0.4) is 0 Å². The fourth-order valence-electron chi connectivity index (χ4n) is 1.79. The van der Waals surface area contributed by atoms with Crippen LogP contribution in [-0.2, 0) is 25.5 Å². The van der Waals surface area contributed by atoms with Crippen LogP contribution in [0.2, 0.25) is 0 Å². The Labute approximate surface area is 128 Å². The van der Waals surface area contributed by atoms with Crippen molar-refractivity contribution < 1.29 is 24.2 Å². The molecule has 0 saturated heterocycles. The number of carboxylic acids is 1. The van der Waals surface area contributed by atoms with Gasteiger partial charge in [0, 0.05) is 13.7 Å². The first-order chi connectivity index (χ1) is 10.5. The predicted molar refractivity (Wildman–Crippen MR) is 79.2 cm³/mol. The van der Waals surface area contributed by atoms with Crippen molar-refractivity contribution in [3.63, 3.8) is 0 Å². The first-order valence-electron chi connectivity index (χ1n) is 6.82. The minimum absolute atomic E-state index is 0.163. The molecular weight excluding hydrogens is 288 g/mol.